The molecule has 0 aliphatic heterocycles. The number of nitrogens with one attached hydrogen (secondary N) is 2. The molecule has 0 spiro atoms. The highest BCUT2D eigenvalue weighted by Crippen LogP contribution is 2.44. The number of benzene rings is 2. The van der Waals surface area contributed by atoms with Gasteiger partial charge in [-0.3, -0.25) is 9.59 Å². The van der Waals surface area contributed by atoms with Gasteiger partial charge in [0.15, 0.2) is 5.82 Å². The number of amides is 2. The van der Waals surface area contributed by atoms with Gasteiger partial charge in [0, 0.05) is 42.3 Å². The lowest BCUT2D eigenvalue weighted by molar-refractivity contribution is 0.0926. The van der Waals surface area contributed by atoms with Gasteiger partial charge >= 0.3 is 0 Å². The summed E-state index contributed by atoms with van der Waals surface area (Å²) in [7, 11) is 1.53. The molecule has 194 valence electrons. The summed E-state index contributed by atoms with van der Waals surface area (Å²) >= 11 is 0. The van der Waals surface area contributed by atoms with Crippen molar-refractivity contribution in [1.29, 1.82) is 0 Å². The monoisotopic (exact) mass is 521 g/mol. The van der Waals surface area contributed by atoms with Crippen LogP contribution in [-0.2, 0) is 5.54 Å². The molecule has 3 heterocycles. The predicted molar refractivity (Wildman–Crippen MR) is 143 cm³/mol. The summed E-state index contributed by atoms with van der Waals surface area (Å²) in [6.45, 7) is 1.94. The van der Waals surface area contributed by atoms with Gasteiger partial charge in [0.25, 0.3) is 11.8 Å². The summed E-state index contributed by atoms with van der Waals surface area (Å²) in [5, 5.41) is 6.28. The Hall–Kier alpha value is -4.92. The predicted octanol–water partition coefficient (Wildman–Crippen LogP) is 5.18. The summed E-state index contributed by atoms with van der Waals surface area (Å²) in [5.41, 5.74) is 3.54. The van der Waals surface area contributed by atoms with Crippen LogP contribution in [0.2, 0.25) is 0 Å². The van der Waals surface area contributed by atoms with E-state index in [1.807, 2.05) is 25.1 Å². The van der Waals surface area contributed by atoms with E-state index in [0.717, 1.165) is 29.5 Å². The summed E-state index contributed by atoms with van der Waals surface area (Å²) in [6, 6.07) is 14.8. The van der Waals surface area contributed by atoms with Crippen LogP contribution in [-0.4, -0.2) is 33.8 Å². The molecule has 9 heteroatoms. The van der Waals surface area contributed by atoms with E-state index >= 15 is 0 Å². The first-order valence-electron chi connectivity index (χ1n) is 12.5. The van der Waals surface area contributed by atoms with Crippen molar-refractivity contribution in [2.24, 2.45) is 0 Å². The summed E-state index contributed by atoms with van der Waals surface area (Å²) in [5.74, 6) is -0.0475. The molecule has 0 atom stereocenters. The topological polar surface area (TPSA) is 110 Å². The van der Waals surface area contributed by atoms with Gasteiger partial charge in [-0.2, -0.15) is 0 Å². The van der Waals surface area contributed by atoms with Crippen molar-refractivity contribution in [1.82, 2.24) is 25.6 Å². The molecule has 2 amide bonds. The lowest BCUT2D eigenvalue weighted by Crippen LogP contribution is -2.36. The average molecular weight is 522 g/mol. The number of halogens is 1. The van der Waals surface area contributed by atoms with Crippen molar-refractivity contribution < 1.29 is 18.4 Å². The third-order valence-corrected chi connectivity index (χ3v) is 7.01. The minimum atomic E-state index is -0.542. The Bertz CT molecular complexity index is 1730. The van der Waals surface area contributed by atoms with Crippen molar-refractivity contribution in [3.8, 4) is 22.5 Å². The SMILES string of the molecule is CNC(=O)c1c(-c2ccc(F)cc2)oc2ncc(-c3cc(C(=O)NC4(c5ncccn5)CC4)ccc3C)cc12. The Morgan fingerprint density at radius 1 is 0.949 bits per heavy atom. The molecule has 2 aromatic carbocycles. The van der Waals surface area contributed by atoms with Gasteiger partial charge in [0.2, 0.25) is 5.71 Å². The van der Waals surface area contributed by atoms with E-state index in [1.165, 1.54) is 19.2 Å². The minimum absolute atomic E-state index is 0.219. The Morgan fingerprint density at radius 3 is 2.38 bits per heavy atom. The number of carbonyl (C=O) groups is 2. The van der Waals surface area contributed by atoms with E-state index in [4.69, 9.17) is 4.42 Å². The van der Waals surface area contributed by atoms with E-state index in [0.29, 0.717) is 33.7 Å². The number of hydrogen-bond acceptors (Lipinski definition) is 6. The fourth-order valence-electron chi connectivity index (χ4n) is 4.72. The number of hydrogen-bond donors (Lipinski definition) is 2. The maximum absolute atomic E-state index is 13.5. The number of aromatic nitrogens is 3. The van der Waals surface area contributed by atoms with E-state index < -0.39 is 5.54 Å². The second-order valence-corrected chi connectivity index (χ2v) is 9.61. The highest BCUT2D eigenvalue weighted by Gasteiger charge is 2.48. The first-order chi connectivity index (χ1) is 18.9. The highest BCUT2D eigenvalue weighted by atomic mass is 19.1. The molecule has 3 aromatic heterocycles. The Balaban J connectivity index is 1.39. The maximum Gasteiger partial charge on any atom is 0.255 e. The molecule has 0 saturated heterocycles. The number of furan rings is 1. The number of pyridine rings is 1. The third kappa shape index (κ3) is 4.41. The molecule has 39 heavy (non-hydrogen) atoms. The molecule has 1 saturated carbocycles. The third-order valence-electron chi connectivity index (χ3n) is 7.01. The van der Waals surface area contributed by atoms with Crippen LogP contribution in [0.3, 0.4) is 0 Å². The number of rotatable bonds is 6. The van der Waals surface area contributed by atoms with Crippen molar-refractivity contribution in [3.05, 3.63) is 102 Å². The largest absolute Gasteiger partial charge is 0.437 e. The molecule has 5 aromatic rings. The zero-order chi connectivity index (χ0) is 27.1. The second kappa shape index (κ2) is 9.43. The molecule has 2 N–H and O–H groups in total. The lowest BCUT2D eigenvalue weighted by atomic mass is 9.97. The van der Waals surface area contributed by atoms with Crippen LogP contribution in [0, 0.1) is 12.7 Å². The average Bonchev–Trinajstić information content (AvgIpc) is 3.65. The highest BCUT2D eigenvalue weighted by molar-refractivity contribution is 6.11. The van der Waals surface area contributed by atoms with Gasteiger partial charge in [0.1, 0.15) is 17.1 Å². The Labute approximate surface area is 223 Å². The van der Waals surface area contributed by atoms with E-state index in [1.54, 1.807) is 42.9 Å². The molecule has 1 aliphatic rings. The van der Waals surface area contributed by atoms with Crippen molar-refractivity contribution in [2.75, 3.05) is 7.05 Å². The van der Waals surface area contributed by atoms with Crippen LogP contribution in [0.4, 0.5) is 4.39 Å². The number of fused-ring (bicyclic) bond motifs is 1. The number of carbonyl (C=O) groups excluding carboxylic acids is 2. The van der Waals surface area contributed by atoms with Crippen molar-refractivity contribution in [3.63, 3.8) is 0 Å². The molecule has 0 bridgehead atoms. The molecular weight excluding hydrogens is 497 g/mol. The first-order valence-corrected chi connectivity index (χ1v) is 12.5. The fourth-order valence-corrected chi connectivity index (χ4v) is 4.72. The maximum atomic E-state index is 13.5. The van der Waals surface area contributed by atoms with Crippen LogP contribution >= 0.6 is 0 Å². The molecule has 1 aliphatic carbocycles. The van der Waals surface area contributed by atoms with E-state index in [-0.39, 0.29) is 23.3 Å². The molecule has 0 radical (unpaired) electrons. The second-order valence-electron chi connectivity index (χ2n) is 9.61. The zero-order valence-electron chi connectivity index (χ0n) is 21.3. The van der Waals surface area contributed by atoms with Crippen LogP contribution in [0.5, 0.6) is 0 Å². The molecular formula is C30H24FN5O3. The number of aryl methyl sites for hydroxylation is 1. The fraction of sp³-hybridized carbons (Fsp3) is 0.167. The lowest BCUT2D eigenvalue weighted by Gasteiger charge is -2.16. The quantitative estimate of drug-likeness (QED) is 0.319. The Kier molecular flexibility index (Phi) is 5.91. The number of nitrogens with zero attached hydrogens (tertiary/aromatic N) is 3. The van der Waals surface area contributed by atoms with Gasteiger partial charge in [-0.25, -0.2) is 19.3 Å². The van der Waals surface area contributed by atoms with Crippen LogP contribution in [0.1, 0.15) is 44.9 Å². The first kappa shape index (κ1) is 24.4. The smallest absolute Gasteiger partial charge is 0.255 e. The summed E-state index contributed by atoms with van der Waals surface area (Å²) in [6.07, 6.45) is 6.55. The van der Waals surface area contributed by atoms with E-state index in [2.05, 4.69) is 25.6 Å². The summed E-state index contributed by atoms with van der Waals surface area (Å²) in [4.78, 5) is 39.3. The van der Waals surface area contributed by atoms with E-state index in [9.17, 15) is 14.0 Å². The van der Waals surface area contributed by atoms with Crippen LogP contribution in [0.25, 0.3) is 33.6 Å². The van der Waals surface area contributed by atoms with Gasteiger partial charge in [0.05, 0.1) is 10.9 Å². The molecule has 6 rings (SSSR count). The van der Waals surface area contributed by atoms with Gasteiger partial charge < -0.3 is 15.1 Å². The van der Waals surface area contributed by atoms with Crippen LogP contribution in [0.15, 0.2) is 77.6 Å². The van der Waals surface area contributed by atoms with Gasteiger partial charge in [-0.05, 0) is 79.4 Å². The Morgan fingerprint density at radius 2 is 1.69 bits per heavy atom. The van der Waals surface area contributed by atoms with Crippen molar-refractivity contribution in [2.45, 2.75) is 25.3 Å². The normalized spacial score (nSPS) is 13.7. The molecule has 0 unspecified atom stereocenters. The van der Waals surface area contributed by atoms with Gasteiger partial charge in [-0.1, -0.05) is 6.07 Å². The van der Waals surface area contributed by atoms with Crippen LogP contribution < -0.4 is 10.6 Å². The molecule has 8 nitrogen and oxygen atoms in total. The standard InChI is InChI=1S/C30H24FN5O3/c1-17-4-5-19(26(37)36-30(10-11-30)29-33-12-3-13-34-29)14-22(17)20-15-23-24(27(38)32-2)25(39-28(23)35-16-20)18-6-8-21(31)9-7-18/h3-9,12-16H,10-11H2,1-2H3,(H,32,38)(H,36,37). The van der Waals surface area contributed by atoms with Gasteiger partial charge in [-0.15, -0.1) is 0 Å². The minimum Gasteiger partial charge on any atom is -0.437 e. The zero-order valence-corrected chi connectivity index (χ0v) is 21.3. The van der Waals surface area contributed by atoms with Crippen molar-refractivity contribution >= 4 is 22.9 Å². The summed E-state index contributed by atoms with van der Waals surface area (Å²) < 4.78 is 19.5. The molecule has 1 fully saturated rings.